The van der Waals surface area contributed by atoms with Gasteiger partial charge in [0.15, 0.2) is 15.6 Å². The Morgan fingerprint density at radius 3 is 2.61 bits per heavy atom. The number of carbonyl (C=O) groups excluding carboxylic acids is 1. The Morgan fingerprint density at radius 1 is 1.33 bits per heavy atom. The minimum absolute atomic E-state index is 0.173. The summed E-state index contributed by atoms with van der Waals surface area (Å²) in [6.45, 7) is 3.29. The molecule has 0 saturated heterocycles. The van der Waals surface area contributed by atoms with Gasteiger partial charge < -0.3 is 5.73 Å². The number of hydrogen-bond donors (Lipinski definition) is 1. The first-order chi connectivity index (χ1) is 8.22. The lowest BCUT2D eigenvalue weighted by Crippen LogP contribution is -2.41. The van der Waals surface area contributed by atoms with Crippen LogP contribution in [0.3, 0.4) is 0 Å². The number of aryl methyl sites for hydroxylation is 1. The van der Waals surface area contributed by atoms with Crippen molar-refractivity contribution in [1.82, 2.24) is 0 Å². The van der Waals surface area contributed by atoms with Gasteiger partial charge in [-0.05, 0) is 44.4 Å². The Kier molecular flexibility index (Phi) is 3.07. The van der Waals surface area contributed by atoms with E-state index in [1.165, 1.54) is 6.07 Å². The van der Waals surface area contributed by atoms with Crippen LogP contribution in [0.15, 0.2) is 23.1 Å². The third-order valence-electron chi connectivity index (χ3n) is 3.10. The van der Waals surface area contributed by atoms with Gasteiger partial charge in [-0.25, -0.2) is 8.42 Å². The molecule has 0 amide bonds. The number of Topliss-reactive ketones (excluding diaryl/α,β-unsaturated/α-hetero) is 1. The molecular formula is C13H17NO3S. The lowest BCUT2D eigenvalue weighted by Gasteiger charge is -2.20. The Hall–Kier alpha value is -1.20. The molecule has 0 bridgehead atoms. The number of benzene rings is 1. The molecule has 5 heteroatoms. The first kappa shape index (κ1) is 13.2. The topological polar surface area (TPSA) is 77.2 Å². The van der Waals surface area contributed by atoms with Crippen molar-refractivity contribution in [3.8, 4) is 0 Å². The van der Waals surface area contributed by atoms with Gasteiger partial charge in [0.25, 0.3) is 0 Å². The summed E-state index contributed by atoms with van der Waals surface area (Å²) in [7, 11) is -3.16. The Bertz CT molecular complexity index is 597. The van der Waals surface area contributed by atoms with Gasteiger partial charge in [-0.2, -0.15) is 0 Å². The number of rotatable bonds is 2. The molecule has 0 fully saturated rings. The van der Waals surface area contributed by atoms with Crippen LogP contribution >= 0.6 is 0 Å². The predicted molar refractivity (Wildman–Crippen MR) is 69.4 cm³/mol. The van der Waals surface area contributed by atoms with Crippen LogP contribution in [0.25, 0.3) is 0 Å². The van der Waals surface area contributed by atoms with Gasteiger partial charge in [0.1, 0.15) is 0 Å². The zero-order chi connectivity index (χ0) is 13.6. The fraction of sp³-hybridized carbons (Fsp3) is 0.462. The summed E-state index contributed by atoms with van der Waals surface area (Å²) in [6, 6.07) is 4.75. The molecule has 2 N–H and O–H groups in total. The maximum absolute atomic E-state index is 12.0. The number of fused-ring (bicyclic) bond motifs is 1. The lowest BCUT2D eigenvalue weighted by molar-refractivity contribution is 0.0913. The fourth-order valence-electron chi connectivity index (χ4n) is 2.15. The molecule has 0 aromatic heterocycles. The molecule has 4 nitrogen and oxygen atoms in total. The number of sulfone groups is 1. The van der Waals surface area contributed by atoms with Crippen molar-refractivity contribution in [1.29, 1.82) is 0 Å². The first-order valence-electron chi connectivity index (χ1n) is 5.91. The van der Waals surface area contributed by atoms with Gasteiger partial charge in [-0.15, -0.1) is 0 Å². The summed E-state index contributed by atoms with van der Waals surface area (Å²) in [4.78, 5) is 12.4. The quantitative estimate of drug-likeness (QED) is 0.820. The Labute approximate surface area is 107 Å². The van der Waals surface area contributed by atoms with Crippen LogP contribution in [-0.4, -0.2) is 25.5 Å². The second-order valence-corrected chi connectivity index (χ2v) is 7.37. The zero-order valence-electron chi connectivity index (χ0n) is 10.6. The summed E-state index contributed by atoms with van der Waals surface area (Å²) >= 11 is 0. The maximum Gasteiger partial charge on any atom is 0.182 e. The van der Waals surface area contributed by atoms with Crippen LogP contribution in [0.2, 0.25) is 0 Å². The van der Waals surface area contributed by atoms with E-state index in [1.54, 1.807) is 26.0 Å². The van der Waals surface area contributed by atoms with Crippen LogP contribution in [0.1, 0.15) is 36.2 Å². The average molecular weight is 267 g/mol. The molecular weight excluding hydrogens is 250 g/mol. The van der Waals surface area contributed by atoms with E-state index in [9.17, 15) is 13.2 Å². The largest absolute Gasteiger partial charge is 0.319 e. The van der Waals surface area contributed by atoms with Crippen molar-refractivity contribution >= 4 is 15.6 Å². The number of hydrogen-bond acceptors (Lipinski definition) is 4. The van der Waals surface area contributed by atoms with Gasteiger partial charge in [-0.3, -0.25) is 4.79 Å². The lowest BCUT2D eigenvalue weighted by atomic mass is 9.93. The number of ketones is 1. The van der Waals surface area contributed by atoms with Crippen LogP contribution in [0.4, 0.5) is 0 Å². The van der Waals surface area contributed by atoms with E-state index < -0.39 is 15.4 Å². The number of carbonyl (C=O) groups is 1. The van der Waals surface area contributed by atoms with Gasteiger partial charge >= 0.3 is 0 Å². The summed E-state index contributed by atoms with van der Waals surface area (Å²) in [5, 5.41) is 0. The molecule has 1 aromatic rings. The number of nitrogens with two attached hydrogens (primary N) is 1. The summed E-state index contributed by atoms with van der Waals surface area (Å²) < 4.78 is 23.7. The van der Waals surface area contributed by atoms with Crippen molar-refractivity contribution in [2.75, 3.05) is 5.75 Å². The third kappa shape index (κ3) is 2.33. The molecule has 18 heavy (non-hydrogen) atoms. The van der Waals surface area contributed by atoms with E-state index in [0.717, 1.165) is 5.56 Å². The summed E-state index contributed by atoms with van der Waals surface area (Å²) in [5.74, 6) is 0.0173. The van der Waals surface area contributed by atoms with Gasteiger partial charge in [0.05, 0.1) is 16.2 Å². The molecule has 0 atom stereocenters. The molecule has 0 saturated carbocycles. The molecule has 0 radical (unpaired) electrons. The summed E-state index contributed by atoms with van der Waals surface area (Å²) in [6.07, 6.45) is 1.31. The molecule has 0 aliphatic carbocycles. The third-order valence-corrected chi connectivity index (χ3v) is 5.00. The van der Waals surface area contributed by atoms with Gasteiger partial charge in [0, 0.05) is 5.56 Å². The molecule has 98 valence electrons. The highest BCUT2D eigenvalue weighted by atomic mass is 32.2. The molecule has 1 aromatic carbocycles. The van der Waals surface area contributed by atoms with Crippen LogP contribution < -0.4 is 5.73 Å². The first-order valence-corrected chi connectivity index (χ1v) is 7.56. The van der Waals surface area contributed by atoms with Crippen molar-refractivity contribution in [3.63, 3.8) is 0 Å². The highest BCUT2D eigenvalue weighted by Gasteiger charge is 2.27. The van der Waals surface area contributed by atoms with Crippen molar-refractivity contribution in [3.05, 3.63) is 29.3 Å². The molecule has 1 aliphatic heterocycles. The molecule has 1 heterocycles. The SMILES string of the molecule is CC(C)(N)C(=O)c1ccc2c(c1)CCCS2(=O)=O. The smallest absolute Gasteiger partial charge is 0.182 e. The highest BCUT2D eigenvalue weighted by molar-refractivity contribution is 7.91. The van der Waals surface area contributed by atoms with E-state index in [4.69, 9.17) is 5.73 Å². The van der Waals surface area contributed by atoms with E-state index in [-0.39, 0.29) is 11.5 Å². The van der Waals surface area contributed by atoms with Gasteiger partial charge in [-0.1, -0.05) is 6.07 Å². The zero-order valence-corrected chi connectivity index (χ0v) is 11.4. The average Bonchev–Trinajstić information content (AvgIpc) is 2.26. The second kappa shape index (κ2) is 4.17. The molecule has 2 rings (SSSR count). The van der Waals surface area contributed by atoms with E-state index in [1.807, 2.05) is 0 Å². The monoisotopic (exact) mass is 267 g/mol. The fourth-order valence-corrected chi connectivity index (χ4v) is 3.73. The highest BCUT2D eigenvalue weighted by Crippen LogP contribution is 2.26. The van der Waals surface area contributed by atoms with Crippen molar-refractivity contribution in [2.45, 2.75) is 37.1 Å². The molecule has 0 spiro atoms. The summed E-state index contributed by atoms with van der Waals surface area (Å²) in [5.41, 5.74) is 6.05. The minimum atomic E-state index is -3.16. The standard InChI is InChI=1S/C13H17NO3S/c1-13(2,14)12(15)10-5-6-11-9(8-10)4-3-7-18(11,16)17/h5-6,8H,3-4,7,14H2,1-2H3. The normalized spacial score (nSPS) is 18.2. The van der Waals surface area contributed by atoms with E-state index in [2.05, 4.69) is 0 Å². The van der Waals surface area contributed by atoms with E-state index in [0.29, 0.717) is 23.3 Å². The second-order valence-electron chi connectivity index (χ2n) is 5.30. The van der Waals surface area contributed by atoms with Crippen molar-refractivity contribution < 1.29 is 13.2 Å². The Balaban J connectivity index is 2.49. The molecule has 1 aliphatic rings. The van der Waals surface area contributed by atoms with E-state index >= 15 is 0 Å². The predicted octanol–water partition coefficient (Wildman–Crippen LogP) is 1.33. The Morgan fingerprint density at radius 2 is 2.00 bits per heavy atom. The minimum Gasteiger partial charge on any atom is -0.319 e. The van der Waals surface area contributed by atoms with Crippen molar-refractivity contribution in [2.24, 2.45) is 5.73 Å². The maximum atomic E-state index is 12.0. The van der Waals surface area contributed by atoms with Crippen LogP contribution in [-0.2, 0) is 16.3 Å². The van der Waals surface area contributed by atoms with Crippen LogP contribution in [0.5, 0.6) is 0 Å². The van der Waals surface area contributed by atoms with Gasteiger partial charge in [0.2, 0.25) is 0 Å². The molecule has 0 unspecified atom stereocenters. The van der Waals surface area contributed by atoms with Crippen LogP contribution in [0, 0.1) is 0 Å².